The first-order valence-electron chi connectivity index (χ1n) is 5.83. The first-order valence-corrected chi connectivity index (χ1v) is 5.83. The fraction of sp³-hybridized carbons (Fsp3) is 1.00. The molecule has 84 valence electrons. The fourth-order valence-corrected chi connectivity index (χ4v) is 1.78. The van der Waals surface area contributed by atoms with Gasteiger partial charge < -0.3 is 10.6 Å². The Morgan fingerprint density at radius 3 is 2.21 bits per heavy atom. The zero-order chi connectivity index (χ0) is 10.7. The molecule has 0 radical (unpaired) electrons. The highest BCUT2D eigenvalue weighted by molar-refractivity contribution is 4.96. The van der Waals surface area contributed by atoms with Crippen molar-refractivity contribution in [3.05, 3.63) is 0 Å². The summed E-state index contributed by atoms with van der Waals surface area (Å²) in [5.74, 6) is 0. The van der Waals surface area contributed by atoms with Crippen LogP contribution in [0.4, 0.5) is 0 Å². The molecule has 0 aromatic heterocycles. The van der Waals surface area contributed by atoms with Gasteiger partial charge in [0, 0.05) is 13.1 Å². The van der Waals surface area contributed by atoms with Crippen LogP contribution in [-0.4, -0.2) is 26.7 Å². The zero-order valence-electron chi connectivity index (χ0n) is 10.2. The van der Waals surface area contributed by atoms with Crippen molar-refractivity contribution in [2.24, 2.45) is 10.8 Å². The summed E-state index contributed by atoms with van der Waals surface area (Å²) in [5, 5.41) is 6.88. The molecular weight excluding hydrogens is 172 g/mol. The molecule has 2 N–H and O–H groups in total. The second-order valence-corrected chi connectivity index (χ2v) is 6.02. The molecule has 2 heteroatoms. The van der Waals surface area contributed by atoms with Crippen LogP contribution in [0.15, 0.2) is 0 Å². The predicted octanol–water partition coefficient (Wildman–Crippen LogP) is 2.01. The van der Waals surface area contributed by atoms with Crippen LogP contribution in [0.1, 0.15) is 40.0 Å². The standard InChI is InChI=1S/C12H26N2/c1-11(2,3)7-8-14-10-12(5-6-12)9-13-4/h13-14H,5-10H2,1-4H3. The van der Waals surface area contributed by atoms with Crippen molar-refractivity contribution in [1.82, 2.24) is 10.6 Å². The van der Waals surface area contributed by atoms with E-state index in [0.29, 0.717) is 10.8 Å². The number of hydrogen-bond acceptors (Lipinski definition) is 2. The number of nitrogens with one attached hydrogen (secondary N) is 2. The molecule has 0 aromatic carbocycles. The minimum atomic E-state index is 0.465. The van der Waals surface area contributed by atoms with Gasteiger partial charge in [0.2, 0.25) is 0 Å². The molecule has 0 heterocycles. The predicted molar refractivity (Wildman–Crippen MR) is 62.5 cm³/mol. The second-order valence-electron chi connectivity index (χ2n) is 6.02. The van der Waals surface area contributed by atoms with E-state index in [1.54, 1.807) is 0 Å². The van der Waals surface area contributed by atoms with Gasteiger partial charge in [0.05, 0.1) is 0 Å². The maximum absolute atomic E-state index is 3.59. The molecule has 0 atom stereocenters. The Morgan fingerprint density at radius 2 is 1.79 bits per heavy atom. The largest absolute Gasteiger partial charge is 0.319 e. The van der Waals surface area contributed by atoms with Crippen LogP contribution in [0.5, 0.6) is 0 Å². The second kappa shape index (κ2) is 4.63. The Morgan fingerprint density at radius 1 is 1.14 bits per heavy atom. The molecule has 0 bridgehead atoms. The van der Waals surface area contributed by atoms with Gasteiger partial charge in [-0.05, 0) is 43.7 Å². The van der Waals surface area contributed by atoms with Crippen molar-refractivity contribution in [3.63, 3.8) is 0 Å². The summed E-state index contributed by atoms with van der Waals surface area (Å²) >= 11 is 0. The van der Waals surface area contributed by atoms with E-state index in [0.717, 1.165) is 6.54 Å². The lowest BCUT2D eigenvalue weighted by Crippen LogP contribution is -2.32. The molecule has 0 saturated heterocycles. The van der Waals surface area contributed by atoms with Gasteiger partial charge in [0.15, 0.2) is 0 Å². The van der Waals surface area contributed by atoms with Crippen molar-refractivity contribution < 1.29 is 0 Å². The average molecular weight is 198 g/mol. The molecule has 1 saturated carbocycles. The minimum Gasteiger partial charge on any atom is -0.319 e. The molecule has 0 amide bonds. The van der Waals surface area contributed by atoms with Crippen LogP contribution in [0.25, 0.3) is 0 Å². The van der Waals surface area contributed by atoms with Gasteiger partial charge in [-0.3, -0.25) is 0 Å². The molecule has 1 fully saturated rings. The molecular formula is C12H26N2. The molecule has 0 unspecified atom stereocenters. The third-order valence-electron chi connectivity index (χ3n) is 3.06. The van der Waals surface area contributed by atoms with E-state index in [1.807, 2.05) is 0 Å². The Bertz CT molecular complexity index is 166. The van der Waals surface area contributed by atoms with Gasteiger partial charge in [0.25, 0.3) is 0 Å². The molecule has 1 aliphatic carbocycles. The number of rotatable bonds is 6. The Kier molecular flexibility index (Phi) is 3.96. The lowest BCUT2D eigenvalue weighted by molar-refractivity contribution is 0.351. The molecule has 1 aliphatic rings. The summed E-state index contributed by atoms with van der Waals surface area (Å²) in [6, 6.07) is 0. The summed E-state index contributed by atoms with van der Waals surface area (Å²) < 4.78 is 0. The first-order chi connectivity index (χ1) is 6.47. The highest BCUT2D eigenvalue weighted by Gasteiger charge is 2.41. The van der Waals surface area contributed by atoms with E-state index in [4.69, 9.17) is 0 Å². The zero-order valence-corrected chi connectivity index (χ0v) is 10.2. The highest BCUT2D eigenvalue weighted by atomic mass is 14.9. The van der Waals surface area contributed by atoms with Crippen LogP contribution in [0.3, 0.4) is 0 Å². The monoisotopic (exact) mass is 198 g/mol. The first kappa shape index (κ1) is 12.0. The van der Waals surface area contributed by atoms with Crippen molar-refractivity contribution in [2.75, 3.05) is 26.7 Å². The van der Waals surface area contributed by atoms with E-state index >= 15 is 0 Å². The molecule has 0 aliphatic heterocycles. The summed E-state index contributed by atoms with van der Waals surface area (Å²) in [4.78, 5) is 0. The summed E-state index contributed by atoms with van der Waals surface area (Å²) in [7, 11) is 2.05. The van der Waals surface area contributed by atoms with Crippen LogP contribution in [0.2, 0.25) is 0 Å². The number of hydrogen-bond donors (Lipinski definition) is 2. The van der Waals surface area contributed by atoms with Crippen molar-refractivity contribution in [2.45, 2.75) is 40.0 Å². The average Bonchev–Trinajstić information content (AvgIpc) is 2.79. The maximum atomic E-state index is 3.59. The van der Waals surface area contributed by atoms with Crippen molar-refractivity contribution in [3.8, 4) is 0 Å². The molecule has 0 spiro atoms. The van der Waals surface area contributed by atoms with Crippen LogP contribution >= 0.6 is 0 Å². The van der Waals surface area contributed by atoms with Crippen LogP contribution in [0, 0.1) is 10.8 Å². The minimum absolute atomic E-state index is 0.465. The third kappa shape index (κ3) is 4.43. The SMILES string of the molecule is CNCC1(CNCCC(C)(C)C)CC1. The normalized spacial score (nSPS) is 19.7. The van der Waals surface area contributed by atoms with Gasteiger partial charge in [0.1, 0.15) is 0 Å². The van der Waals surface area contributed by atoms with Crippen molar-refractivity contribution in [1.29, 1.82) is 0 Å². The van der Waals surface area contributed by atoms with Gasteiger partial charge in [-0.25, -0.2) is 0 Å². The highest BCUT2D eigenvalue weighted by Crippen LogP contribution is 2.44. The van der Waals surface area contributed by atoms with Crippen LogP contribution < -0.4 is 10.6 Å². The van der Waals surface area contributed by atoms with Gasteiger partial charge in [-0.1, -0.05) is 20.8 Å². The molecule has 1 rings (SSSR count). The van der Waals surface area contributed by atoms with Crippen molar-refractivity contribution >= 4 is 0 Å². The third-order valence-corrected chi connectivity index (χ3v) is 3.06. The van der Waals surface area contributed by atoms with Gasteiger partial charge in [-0.2, -0.15) is 0 Å². The Labute approximate surface area is 88.8 Å². The molecule has 14 heavy (non-hydrogen) atoms. The van der Waals surface area contributed by atoms with E-state index in [1.165, 1.54) is 32.4 Å². The summed E-state index contributed by atoms with van der Waals surface area (Å²) in [6.45, 7) is 10.4. The maximum Gasteiger partial charge on any atom is 0.00200 e. The van der Waals surface area contributed by atoms with E-state index in [-0.39, 0.29) is 0 Å². The fourth-order valence-electron chi connectivity index (χ4n) is 1.78. The lowest BCUT2D eigenvalue weighted by atomic mass is 9.92. The topological polar surface area (TPSA) is 24.1 Å². The smallest absolute Gasteiger partial charge is 0.00200 e. The summed E-state index contributed by atoms with van der Waals surface area (Å²) in [5.41, 5.74) is 1.07. The van der Waals surface area contributed by atoms with E-state index < -0.39 is 0 Å². The summed E-state index contributed by atoms with van der Waals surface area (Å²) in [6.07, 6.45) is 4.06. The van der Waals surface area contributed by atoms with E-state index in [2.05, 4.69) is 38.5 Å². The quantitative estimate of drug-likeness (QED) is 0.638. The molecule has 0 aromatic rings. The van der Waals surface area contributed by atoms with E-state index in [9.17, 15) is 0 Å². The van der Waals surface area contributed by atoms with Gasteiger partial charge in [-0.15, -0.1) is 0 Å². The molecule has 2 nitrogen and oxygen atoms in total. The van der Waals surface area contributed by atoms with Gasteiger partial charge >= 0.3 is 0 Å². The van der Waals surface area contributed by atoms with Crippen LogP contribution in [-0.2, 0) is 0 Å². The Balaban J connectivity index is 2.04. The lowest BCUT2D eigenvalue weighted by Gasteiger charge is -2.20. The Hall–Kier alpha value is -0.0800.